The second-order valence-electron chi connectivity index (χ2n) is 4.36. The minimum absolute atomic E-state index is 0.150. The van der Waals surface area contributed by atoms with Gasteiger partial charge in [-0.3, -0.25) is 0 Å². The molecule has 0 heterocycles. The van der Waals surface area contributed by atoms with Crippen LogP contribution < -0.4 is 0 Å². The molecule has 0 saturated carbocycles. The summed E-state index contributed by atoms with van der Waals surface area (Å²) in [6, 6.07) is 0. The maximum Gasteiger partial charge on any atom is 0.0905 e. The van der Waals surface area contributed by atoms with Gasteiger partial charge >= 0.3 is 0 Å². The molecule has 5 nitrogen and oxygen atoms in total. The van der Waals surface area contributed by atoms with Gasteiger partial charge < -0.3 is 23.7 Å². The molecule has 0 fully saturated rings. The zero-order valence-corrected chi connectivity index (χ0v) is 12.9. The fourth-order valence-corrected chi connectivity index (χ4v) is 1.64. The first-order valence-corrected chi connectivity index (χ1v) is 7.02. The van der Waals surface area contributed by atoms with E-state index in [2.05, 4.69) is 13.8 Å². The van der Waals surface area contributed by atoms with Gasteiger partial charge in [0.2, 0.25) is 0 Å². The highest BCUT2D eigenvalue weighted by molar-refractivity contribution is 4.76. The molecule has 0 atom stereocenters. The minimum Gasteiger partial charge on any atom is -0.382 e. The summed E-state index contributed by atoms with van der Waals surface area (Å²) in [5.41, 5.74) is -0.150. The highest BCUT2D eigenvalue weighted by Gasteiger charge is 2.25. The summed E-state index contributed by atoms with van der Waals surface area (Å²) in [5.74, 6) is 0. The molecule has 0 bridgehead atoms. The normalized spacial score (nSPS) is 12.0. The van der Waals surface area contributed by atoms with Crippen LogP contribution in [0.25, 0.3) is 0 Å². The Labute approximate surface area is 117 Å². The Bertz CT molecular complexity index is 174. The van der Waals surface area contributed by atoms with Crippen molar-refractivity contribution in [3.05, 3.63) is 0 Å². The molecule has 116 valence electrons. The van der Waals surface area contributed by atoms with Crippen molar-refractivity contribution >= 4 is 0 Å². The van der Waals surface area contributed by atoms with E-state index in [1.54, 1.807) is 14.2 Å². The van der Waals surface area contributed by atoms with E-state index in [4.69, 9.17) is 23.7 Å². The number of hydrogen-bond donors (Lipinski definition) is 0. The second-order valence-corrected chi connectivity index (χ2v) is 4.36. The van der Waals surface area contributed by atoms with Gasteiger partial charge in [-0.05, 0) is 12.8 Å². The van der Waals surface area contributed by atoms with Crippen LogP contribution in [-0.2, 0) is 23.7 Å². The van der Waals surface area contributed by atoms with E-state index in [1.807, 2.05) is 0 Å². The van der Waals surface area contributed by atoms with Crippen LogP contribution in [0.15, 0.2) is 0 Å². The van der Waals surface area contributed by atoms with Crippen molar-refractivity contribution in [1.29, 1.82) is 0 Å². The van der Waals surface area contributed by atoms with Gasteiger partial charge in [-0.2, -0.15) is 0 Å². The van der Waals surface area contributed by atoms with Crippen LogP contribution in [-0.4, -0.2) is 66.1 Å². The highest BCUT2D eigenvalue weighted by atomic mass is 16.6. The number of hydrogen-bond acceptors (Lipinski definition) is 5. The lowest BCUT2D eigenvalue weighted by atomic mass is 9.98. The predicted molar refractivity (Wildman–Crippen MR) is 74.7 cm³/mol. The largest absolute Gasteiger partial charge is 0.382 e. The number of ether oxygens (including phenoxy) is 5. The molecule has 0 aromatic heterocycles. The van der Waals surface area contributed by atoms with Crippen molar-refractivity contribution < 1.29 is 23.7 Å². The van der Waals surface area contributed by atoms with Crippen molar-refractivity contribution in [2.24, 2.45) is 0 Å². The van der Waals surface area contributed by atoms with Crippen molar-refractivity contribution in [2.45, 2.75) is 32.3 Å². The third kappa shape index (κ3) is 9.35. The Hall–Kier alpha value is -0.200. The van der Waals surface area contributed by atoms with Gasteiger partial charge in [0.25, 0.3) is 0 Å². The first-order valence-electron chi connectivity index (χ1n) is 7.02. The molecule has 0 rings (SSSR count). The lowest BCUT2D eigenvalue weighted by molar-refractivity contribution is -0.0885. The fourth-order valence-electron chi connectivity index (χ4n) is 1.64. The summed E-state index contributed by atoms with van der Waals surface area (Å²) >= 11 is 0. The molecule has 0 spiro atoms. The Morgan fingerprint density at radius 2 is 1.16 bits per heavy atom. The highest BCUT2D eigenvalue weighted by Crippen LogP contribution is 2.19. The van der Waals surface area contributed by atoms with Crippen molar-refractivity contribution in [3.8, 4) is 0 Å². The van der Waals surface area contributed by atoms with Crippen LogP contribution in [0.2, 0.25) is 0 Å². The van der Waals surface area contributed by atoms with E-state index in [1.165, 1.54) is 0 Å². The molecule has 0 radical (unpaired) electrons. The van der Waals surface area contributed by atoms with E-state index in [0.29, 0.717) is 46.2 Å². The SMILES string of the molecule is CCC(CC)(COCCOCCOCCOC)OC. The summed E-state index contributed by atoms with van der Waals surface area (Å²) in [6.07, 6.45) is 1.91. The monoisotopic (exact) mass is 278 g/mol. The van der Waals surface area contributed by atoms with E-state index >= 15 is 0 Å². The van der Waals surface area contributed by atoms with Crippen LogP contribution in [0.3, 0.4) is 0 Å². The average Bonchev–Trinajstić information content (AvgIpc) is 2.46. The Morgan fingerprint density at radius 1 is 0.684 bits per heavy atom. The summed E-state index contributed by atoms with van der Waals surface area (Å²) < 4.78 is 26.7. The molecule has 0 unspecified atom stereocenters. The van der Waals surface area contributed by atoms with Gasteiger partial charge in [0, 0.05) is 14.2 Å². The molecule has 5 heteroatoms. The number of rotatable bonds is 14. The Morgan fingerprint density at radius 3 is 1.58 bits per heavy atom. The maximum atomic E-state index is 5.61. The summed E-state index contributed by atoms with van der Waals surface area (Å²) in [6.45, 7) is 8.43. The fraction of sp³-hybridized carbons (Fsp3) is 1.00. The molecular weight excluding hydrogens is 248 g/mol. The molecule has 0 aromatic rings. The Kier molecular flexibility index (Phi) is 12.7. The lowest BCUT2D eigenvalue weighted by Crippen LogP contribution is -2.36. The first kappa shape index (κ1) is 18.8. The van der Waals surface area contributed by atoms with Crippen molar-refractivity contribution in [3.63, 3.8) is 0 Å². The average molecular weight is 278 g/mol. The summed E-state index contributed by atoms with van der Waals surface area (Å²) in [7, 11) is 3.40. The van der Waals surface area contributed by atoms with Crippen molar-refractivity contribution in [1.82, 2.24) is 0 Å². The van der Waals surface area contributed by atoms with Crippen LogP contribution in [0.4, 0.5) is 0 Å². The maximum absolute atomic E-state index is 5.61. The van der Waals surface area contributed by atoms with E-state index in [0.717, 1.165) is 12.8 Å². The quantitative estimate of drug-likeness (QED) is 0.454. The van der Waals surface area contributed by atoms with E-state index < -0.39 is 0 Å². The molecule has 0 aliphatic heterocycles. The molecular formula is C14H30O5. The molecule has 19 heavy (non-hydrogen) atoms. The molecule has 0 aromatic carbocycles. The van der Waals surface area contributed by atoms with Crippen LogP contribution >= 0.6 is 0 Å². The third-order valence-electron chi connectivity index (χ3n) is 3.26. The van der Waals surface area contributed by atoms with Crippen molar-refractivity contribution in [2.75, 3.05) is 60.5 Å². The third-order valence-corrected chi connectivity index (χ3v) is 3.26. The van der Waals surface area contributed by atoms with Gasteiger partial charge in [0.05, 0.1) is 51.8 Å². The van der Waals surface area contributed by atoms with E-state index in [9.17, 15) is 0 Å². The van der Waals surface area contributed by atoms with Gasteiger partial charge in [-0.15, -0.1) is 0 Å². The Balaban J connectivity index is 3.35. The van der Waals surface area contributed by atoms with Crippen LogP contribution in [0.5, 0.6) is 0 Å². The van der Waals surface area contributed by atoms with Gasteiger partial charge in [-0.1, -0.05) is 13.8 Å². The van der Waals surface area contributed by atoms with Crippen LogP contribution in [0.1, 0.15) is 26.7 Å². The van der Waals surface area contributed by atoms with E-state index in [-0.39, 0.29) is 5.60 Å². The first-order chi connectivity index (χ1) is 9.24. The topological polar surface area (TPSA) is 46.2 Å². The number of methoxy groups -OCH3 is 2. The zero-order valence-electron chi connectivity index (χ0n) is 12.9. The van der Waals surface area contributed by atoms with Gasteiger partial charge in [-0.25, -0.2) is 0 Å². The summed E-state index contributed by atoms with van der Waals surface area (Å²) in [5, 5.41) is 0. The van der Waals surface area contributed by atoms with Gasteiger partial charge in [0.1, 0.15) is 0 Å². The zero-order chi connectivity index (χ0) is 14.4. The summed E-state index contributed by atoms with van der Waals surface area (Å²) in [4.78, 5) is 0. The second kappa shape index (κ2) is 12.8. The molecule has 0 aliphatic carbocycles. The predicted octanol–water partition coefficient (Wildman–Crippen LogP) is 1.89. The lowest BCUT2D eigenvalue weighted by Gasteiger charge is -2.29. The molecule has 0 amide bonds. The standard InChI is InChI=1S/C14H30O5/c1-5-14(6-2,16-4)13-19-12-11-18-10-9-17-8-7-15-3/h5-13H2,1-4H3. The van der Waals surface area contributed by atoms with Gasteiger partial charge in [0.15, 0.2) is 0 Å². The molecule has 0 N–H and O–H groups in total. The molecule has 0 aliphatic rings. The smallest absolute Gasteiger partial charge is 0.0905 e. The molecule has 0 saturated heterocycles. The minimum atomic E-state index is -0.150. The van der Waals surface area contributed by atoms with Crippen LogP contribution in [0, 0.1) is 0 Å².